The van der Waals surface area contributed by atoms with Gasteiger partial charge in [-0.1, -0.05) is 30.3 Å². The summed E-state index contributed by atoms with van der Waals surface area (Å²) in [5.74, 6) is -0.177. The highest BCUT2D eigenvalue weighted by atomic mass is 32.1. The van der Waals surface area contributed by atoms with E-state index in [-0.39, 0.29) is 11.8 Å². The van der Waals surface area contributed by atoms with Gasteiger partial charge in [0.05, 0.1) is 17.9 Å². The summed E-state index contributed by atoms with van der Waals surface area (Å²) in [5.41, 5.74) is 9.81. The number of thiazole rings is 1. The average Bonchev–Trinajstić information content (AvgIpc) is 3.37. The van der Waals surface area contributed by atoms with Gasteiger partial charge in [-0.05, 0) is 61.4 Å². The number of nitrogens with two attached hydrogens (primary N) is 1. The van der Waals surface area contributed by atoms with Crippen LogP contribution in [0.25, 0.3) is 10.6 Å². The van der Waals surface area contributed by atoms with Crippen molar-refractivity contribution in [2.75, 3.05) is 21.7 Å². The van der Waals surface area contributed by atoms with Crippen molar-refractivity contribution in [1.29, 1.82) is 0 Å². The molecule has 5 N–H and O–H groups in total. The van der Waals surface area contributed by atoms with Crippen LogP contribution in [0.3, 0.4) is 0 Å². The Kier molecular flexibility index (Phi) is 8.67. The van der Waals surface area contributed by atoms with Crippen LogP contribution < -0.4 is 21.7 Å². The molecular weight excluding hydrogens is 470 g/mol. The highest BCUT2D eigenvalue weighted by Crippen LogP contribution is 2.27. The average molecular weight is 500 g/mol. The Balaban J connectivity index is 1.17. The Labute approximate surface area is 214 Å². The van der Waals surface area contributed by atoms with Crippen LogP contribution >= 0.6 is 11.3 Å². The molecule has 0 aliphatic rings. The SMILES string of the molecule is Nc1ccccc1NC(=O)CCCCC(=O)Nc1ccc(-c2ncc(CNc3ccccc3)s2)cc1. The van der Waals surface area contributed by atoms with Crippen LogP contribution in [0.1, 0.15) is 30.6 Å². The Morgan fingerprint density at radius 3 is 2.17 bits per heavy atom. The Hall–Kier alpha value is -4.17. The smallest absolute Gasteiger partial charge is 0.224 e. The molecule has 0 atom stereocenters. The molecule has 0 saturated carbocycles. The Morgan fingerprint density at radius 2 is 1.44 bits per heavy atom. The summed E-state index contributed by atoms with van der Waals surface area (Å²) < 4.78 is 0. The molecule has 7 nitrogen and oxygen atoms in total. The third-order valence-corrected chi connectivity index (χ3v) is 6.55. The molecule has 1 heterocycles. The Bertz CT molecular complexity index is 1290. The highest BCUT2D eigenvalue weighted by molar-refractivity contribution is 7.15. The Morgan fingerprint density at radius 1 is 0.778 bits per heavy atom. The molecule has 4 rings (SSSR count). The van der Waals surface area contributed by atoms with Gasteiger partial charge >= 0.3 is 0 Å². The minimum absolute atomic E-state index is 0.0704. The first kappa shape index (κ1) is 24.9. The zero-order chi connectivity index (χ0) is 25.2. The number of nitrogen functional groups attached to an aromatic ring is 1. The maximum absolute atomic E-state index is 12.3. The number of carbonyl (C=O) groups is 2. The summed E-state index contributed by atoms with van der Waals surface area (Å²) in [4.78, 5) is 30.1. The second-order valence-electron chi connectivity index (χ2n) is 8.32. The van der Waals surface area contributed by atoms with E-state index < -0.39 is 0 Å². The van der Waals surface area contributed by atoms with Gasteiger partial charge in [0.2, 0.25) is 11.8 Å². The first-order valence-electron chi connectivity index (χ1n) is 11.8. The summed E-state index contributed by atoms with van der Waals surface area (Å²) >= 11 is 1.64. The fraction of sp³-hybridized carbons (Fsp3) is 0.179. The molecule has 3 aromatic carbocycles. The van der Waals surface area contributed by atoms with Gasteiger partial charge in [-0.25, -0.2) is 4.98 Å². The molecule has 0 saturated heterocycles. The van der Waals surface area contributed by atoms with Gasteiger partial charge in [0.1, 0.15) is 5.01 Å². The van der Waals surface area contributed by atoms with Crippen molar-refractivity contribution in [1.82, 2.24) is 4.98 Å². The van der Waals surface area contributed by atoms with Crippen molar-refractivity contribution < 1.29 is 9.59 Å². The molecule has 0 unspecified atom stereocenters. The van der Waals surface area contributed by atoms with Crippen LogP contribution in [0, 0.1) is 0 Å². The molecule has 0 spiro atoms. The second-order valence-corrected chi connectivity index (χ2v) is 9.43. The zero-order valence-electron chi connectivity index (χ0n) is 19.9. The number of anilines is 4. The van der Waals surface area contributed by atoms with Crippen molar-refractivity contribution in [2.45, 2.75) is 32.2 Å². The monoisotopic (exact) mass is 499 g/mol. The summed E-state index contributed by atoms with van der Waals surface area (Å²) in [6.45, 7) is 0.720. The van der Waals surface area contributed by atoms with Crippen molar-refractivity contribution >= 4 is 45.9 Å². The van der Waals surface area contributed by atoms with E-state index in [0.717, 1.165) is 33.4 Å². The molecule has 36 heavy (non-hydrogen) atoms. The van der Waals surface area contributed by atoms with Crippen molar-refractivity contribution in [3.8, 4) is 10.6 Å². The quantitative estimate of drug-likeness (QED) is 0.146. The lowest BCUT2D eigenvalue weighted by atomic mass is 10.1. The van der Waals surface area contributed by atoms with Gasteiger partial charge in [0.15, 0.2) is 0 Å². The lowest BCUT2D eigenvalue weighted by molar-refractivity contribution is -0.118. The molecule has 8 heteroatoms. The molecular formula is C28H29N5O2S. The second kappa shape index (κ2) is 12.5. The summed E-state index contributed by atoms with van der Waals surface area (Å²) in [5, 5.41) is 10.0. The maximum Gasteiger partial charge on any atom is 0.224 e. The van der Waals surface area contributed by atoms with E-state index in [1.165, 1.54) is 0 Å². The molecule has 0 fully saturated rings. The van der Waals surface area contributed by atoms with Gasteiger partial charge in [0, 0.05) is 40.9 Å². The van der Waals surface area contributed by atoms with Crippen LogP contribution in [-0.2, 0) is 16.1 Å². The lowest BCUT2D eigenvalue weighted by Crippen LogP contribution is -2.14. The van der Waals surface area contributed by atoms with Crippen LogP contribution in [0.2, 0.25) is 0 Å². The molecule has 0 aliphatic carbocycles. The largest absolute Gasteiger partial charge is 0.397 e. The number of hydrogen-bond acceptors (Lipinski definition) is 6. The standard InChI is InChI=1S/C28H29N5O2S/c29-24-10-4-5-11-25(24)33-27(35)13-7-6-12-26(34)32-22-16-14-20(15-17-22)28-31-19-23(36-28)18-30-21-8-2-1-3-9-21/h1-5,8-11,14-17,19,30H,6-7,12-13,18,29H2,(H,32,34)(H,33,35). The molecule has 0 bridgehead atoms. The van der Waals surface area contributed by atoms with Crippen LogP contribution in [0.15, 0.2) is 85.1 Å². The number of hydrogen-bond donors (Lipinski definition) is 4. The number of nitrogens with one attached hydrogen (secondary N) is 3. The normalized spacial score (nSPS) is 10.6. The van der Waals surface area contributed by atoms with E-state index in [9.17, 15) is 9.59 Å². The fourth-order valence-electron chi connectivity index (χ4n) is 3.58. The van der Waals surface area contributed by atoms with Gasteiger partial charge in [-0.2, -0.15) is 0 Å². The minimum atomic E-state index is -0.106. The van der Waals surface area contributed by atoms with Gasteiger partial charge in [0.25, 0.3) is 0 Å². The van der Waals surface area contributed by atoms with Crippen molar-refractivity contribution in [2.24, 2.45) is 0 Å². The molecule has 2 amide bonds. The van der Waals surface area contributed by atoms with E-state index in [2.05, 4.69) is 20.9 Å². The van der Waals surface area contributed by atoms with E-state index in [4.69, 9.17) is 5.73 Å². The third kappa shape index (κ3) is 7.41. The van der Waals surface area contributed by atoms with Crippen LogP contribution in [0.5, 0.6) is 0 Å². The number of para-hydroxylation sites is 3. The number of rotatable bonds is 11. The summed E-state index contributed by atoms with van der Waals surface area (Å²) in [7, 11) is 0. The molecule has 0 radical (unpaired) electrons. The first-order chi connectivity index (χ1) is 17.6. The first-order valence-corrected chi connectivity index (χ1v) is 12.7. The molecule has 4 aromatic rings. The summed E-state index contributed by atoms with van der Waals surface area (Å²) in [6, 6.07) is 24.9. The van der Waals surface area contributed by atoms with Gasteiger partial charge in [-0.15, -0.1) is 11.3 Å². The third-order valence-electron chi connectivity index (χ3n) is 5.50. The van der Waals surface area contributed by atoms with E-state index in [0.29, 0.717) is 37.1 Å². The number of carbonyl (C=O) groups excluding carboxylic acids is 2. The van der Waals surface area contributed by atoms with Crippen molar-refractivity contribution in [3.05, 3.63) is 89.9 Å². The maximum atomic E-state index is 12.3. The molecule has 0 aliphatic heterocycles. The number of benzene rings is 3. The van der Waals surface area contributed by atoms with E-state index >= 15 is 0 Å². The minimum Gasteiger partial charge on any atom is -0.397 e. The zero-order valence-corrected chi connectivity index (χ0v) is 20.7. The lowest BCUT2D eigenvalue weighted by Gasteiger charge is -2.08. The van der Waals surface area contributed by atoms with E-state index in [1.54, 1.807) is 23.5 Å². The predicted octanol–water partition coefficient (Wildman–Crippen LogP) is 6.14. The number of aromatic nitrogens is 1. The van der Waals surface area contributed by atoms with E-state index in [1.807, 2.05) is 72.9 Å². The topological polar surface area (TPSA) is 109 Å². The van der Waals surface area contributed by atoms with Gasteiger partial charge in [-0.3, -0.25) is 9.59 Å². The summed E-state index contributed by atoms with van der Waals surface area (Å²) in [6.07, 6.45) is 3.83. The predicted molar refractivity (Wildman–Crippen MR) is 148 cm³/mol. The highest BCUT2D eigenvalue weighted by Gasteiger charge is 2.08. The van der Waals surface area contributed by atoms with Crippen molar-refractivity contribution in [3.63, 3.8) is 0 Å². The fourth-order valence-corrected chi connectivity index (χ4v) is 4.44. The number of amides is 2. The number of unbranched alkanes of at least 4 members (excludes halogenated alkanes) is 1. The van der Waals surface area contributed by atoms with Gasteiger partial charge < -0.3 is 21.7 Å². The molecule has 1 aromatic heterocycles. The number of nitrogens with zero attached hydrogens (tertiary/aromatic N) is 1. The molecule has 184 valence electrons. The van der Waals surface area contributed by atoms with Crippen LogP contribution in [0.4, 0.5) is 22.7 Å². The van der Waals surface area contributed by atoms with Crippen LogP contribution in [-0.4, -0.2) is 16.8 Å².